The highest BCUT2D eigenvalue weighted by Gasteiger charge is 2.20. The van der Waals surface area contributed by atoms with Crippen molar-refractivity contribution in [3.63, 3.8) is 0 Å². The molecule has 258 valence electrons. The van der Waals surface area contributed by atoms with E-state index in [0.717, 1.165) is 53.8 Å². The van der Waals surface area contributed by atoms with Crippen LogP contribution in [0.4, 0.5) is 0 Å². The number of ether oxygens (including phenoxy) is 2. The van der Waals surface area contributed by atoms with E-state index < -0.39 is 7.60 Å². The van der Waals surface area contributed by atoms with Crippen molar-refractivity contribution in [2.75, 3.05) is 13.3 Å². The monoisotopic (exact) mass is 658 g/mol. The predicted octanol–water partition coefficient (Wildman–Crippen LogP) is 8.92. The molecule has 1 heterocycles. The zero-order valence-electron chi connectivity index (χ0n) is 28.8. The molecule has 0 aliphatic carbocycles. The number of benzene rings is 1. The summed E-state index contributed by atoms with van der Waals surface area (Å²) in [6.07, 6.45) is 22.9. The number of allylic oxidation sites excluding steroid dienone is 2. The van der Waals surface area contributed by atoms with E-state index in [-0.39, 0.29) is 24.5 Å². The van der Waals surface area contributed by atoms with Crippen LogP contribution in [-0.4, -0.2) is 40.0 Å². The minimum absolute atomic E-state index is 0.0651. The summed E-state index contributed by atoms with van der Waals surface area (Å²) in [6.45, 7) is 6.47. The first-order chi connectivity index (χ1) is 22.1. The fourth-order valence-electron chi connectivity index (χ4n) is 5.58. The maximum absolute atomic E-state index is 12.7. The molecule has 2 aromatic rings. The Kier molecular flexibility index (Phi) is 19.6. The molecule has 0 saturated heterocycles. The van der Waals surface area contributed by atoms with Gasteiger partial charge in [0.1, 0.15) is 18.1 Å². The van der Waals surface area contributed by atoms with Gasteiger partial charge in [-0.15, -0.1) is 0 Å². The summed E-state index contributed by atoms with van der Waals surface area (Å²) in [5, 5.41) is 3.03. The smallest absolute Gasteiger partial charge is 0.325 e. The Labute approximate surface area is 277 Å². The number of methoxy groups -OCH3 is 1. The number of unbranched alkanes of at least 4 members (excludes halogenated alkanes) is 11. The maximum atomic E-state index is 12.7. The number of aryl methyl sites for hydroxylation is 1. The van der Waals surface area contributed by atoms with E-state index in [0.29, 0.717) is 25.2 Å². The number of carbonyl (C=O) groups excluding carboxylic acids is 1. The summed E-state index contributed by atoms with van der Waals surface area (Å²) in [5.74, 6) is 1.43. The quantitative estimate of drug-likeness (QED) is 0.0554. The number of nitrogens with zero attached hydrogens (tertiary/aromatic N) is 1. The second-order valence-corrected chi connectivity index (χ2v) is 14.2. The fraction of sp³-hybridized carbons (Fsp3) is 0.622. The third-order valence-electron chi connectivity index (χ3n) is 8.33. The van der Waals surface area contributed by atoms with Gasteiger partial charge < -0.3 is 24.6 Å². The van der Waals surface area contributed by atoms with Gasteiger partial charge in [0.05, 0.1) is 19.0 Å². The Bertz CT molecular complexity index is 1210. The van der Waals surface area contributed by atoms with Crippen LogP contribution in [0, 0.1) is 13.8 Å². The molecule has 1 atom stereocenters. The number of hydrogen-bond donors (Lipinski definition) is 3. The zero-order valence-corrected chi connectivity index (χ0v) is 29.7. The maximum Gasteiger partial charge on any atom is 0.325 e. The number of hydrogen-bond acceptors (Lipinski definition) is 5. The van der Waals surface area contributed by atoms with Gasteiger partial charge in [-0.25, -0.2) is 0 Å². The first-order valence-electron chi connectivity index (χ1n) is 17.3. The average Bonchev–Trinajstić information content (AvgIpc) is 3.02. The minimum atomic E-state index is -4.17. The molecule has 0 radical (unpaired) electrons. The number of pyridine rings is 1. The molecule has 0 aliphatic rings. The number of aromatic nitrogens is 1. The molecular weight excluding hydrogens is 599 g/mol. The summed E-state index contributed by atoms with van der Waals surface area (Å²) in [7, 11) is -2.53. The van der Waals surface area contributed by atoms with Gasteiger partial charge in [0, 0.05) is 29.8 Å². The molecule has 2 rings (SSSR count). The van der Waals surface area contributed by atoms with E-state index in [1.165, 1.54) is 57.8 Å². The van der Waals surface area contributed by atoms with E-state index in [2.05, 4.69) is 29.4 Å². The Hall–Kier alpha value is -2.67. The Balaban J connectivity index is 1.71. The number of nitrogens with one attached hydrogen (secondary N) is 1. The summed E-state index contributed by atoms with van der Waals surface area (Å²) < 4.78 is 23.0. The van der Waals surface area contributed by atoms with Crippen LogP contribution in [0.1, 0.15) is 126 Å². The average molecular weight is 659 g/mol. The van der Waals surface area contributed by atoms with Crippen LogP contribution >= 0.6 is 7.60 Å². The van der Waals surface area contributed by atoms with Gasteiger partial charge in [-0.1, -0.05) is 82.6 Å². The van der Waals surface area contributed by atoms with E-state index in [9.17, 15) is 19.1 Å². The van der Waals surface area contributed by atoms with Crippen LogP contribution in [0.5, 0.6) is 11.5 Å². The first-order valence-corrected chi connectivity index (χ1v) is 19.1. The molecule has 0 bridgehead atoms. The topological polar surface area (TPSA) is 118 Å². The van der Waals surface area contributed by atoms with Crippen LogP contribution in [0.25, 0.3) is 0 Å². The lowest BCUT2D eigenvalue weighted by Crippen LogP contribution is -2.37. The van der Waals surface area contributed by atoms with Crippen LogP contribution in [0.3, 0.4) is 0 Å². The van der Waals surface area contributed by atoms with Gasteiger partial charge in [0.15, 0.2) is 0 Å². The summed E-state index contributed by atoms with van der Waals surface area (Å²) in [4.78, 5) is 36.1. The molecule has 1 aromatic carbocycles. The highest BCUT2D eigenvalue weighted by atomic mass is 31.2. The standard InChI is InChI=1S/C37H59N2O6P/c1-5-6-7-8-9-10-11-12-13-14-15-16-17-18-19-20-36(40)39-33(25-26-46(41,42)43)27-32-21-23-34(24-22-32)45-29-35-31(3)37(44-4)30(2)28-38-35/h12-13,21-24,28,33H,5-11,14-20,25-27,29H2,1-4H3,(H,39,40)(H2,41,42,43)/b13-12-/t33-/m1/s1. The molecule has 0 spiro atoms. The lowest BCUT2D eigenvalue weighted by molar-refractivity contribution is -0.121. The number of carbonyl (C=O) groups is 1. The largest absolute Gasteiger partial charge is 0.496 e. The summed E-state index contributed by atoms with van der Waals surface area (Å²) in [5.41, 5.74) is 3.68. The molecule has 8 nitrogen and oxygen atoms in total. The number of rotatable bonds is 25. The van der Waals surface area contributed by atoms with Gasteiger partial charge in [0.25, 0.3) is 0 Å². The zero-order chi connectivity index (χ0) is 33.6. The van der Waals surface area contributed by atoms with E-state index in [1.54, 1.807) is 13.3 Å². The van der Waals surface area contributed by atoms with Crippen molar-refractivity contribution in [2.45, 2.75) is 136 Å². The van der Waals surface area contributed by atoms with E-state index in [4.69, 9.17) is 9.47 Å². The van der Waals surface area contributed by atoms with Crippen LogP contribution in [-0.2, 0) is 22.4 Å². The molecule has 1 amide bonds. The molecule has 1 aromatic heterocycles. The van der Waals surface area contributed by atoms with Crippen molar-refractivity contribution < 1.29 is 28.6 Å². The van der Waals surface area contributed by atoms with Crippen molar-refractivity contribution in [1.82, 2.24) is 10.3 Å². The van der Waals surface area contributed by atoms with Gasteiger partial charge >= 0.3 is 7.60 Å². The van der Waals surface area contributed by atoms with Crippen molar-refractivity contribution in [1.29, 1.82) is 0 Å². The summed E-state index contributed by atoms with van der Waals surface area (Å²) in [6, 6.07) is 7.21. The van der Waals surface area contributed by atoms with Crippen molar-refractivity contribution in [3.05, 3.63) is 65.0 Å². The van der Waals surface area contributed by atoms with E-state index in [1.807, 2.05) is 38.1 Å². The fourth-order valence-corrected chi connectivity index (χ4v) is 6.23. The third-order valence-corrected chi connectivity index (χ3v) is 9.17. The molecule has 46 heavy (non-hydrogen) atoms. The molecule has 0 saturated carbocycles. The van der Waals surface area contributed by atoms with Crippen molar-refractivity contribution >= 4 is 13.5 Å². The second kappa shape index (κ2) is 22.8. The molecule has 0 aliphatic heterocycles. The summed E-state index contributed by atoms with van der Waals surface area (Å²) >= 11 is 0. The molecular formula is C37H59N2O6P. The predicted molar refractivity (Wildman–Crippen MR) is 188 cm³/mol. The van der Waals surface area contributed by atoms with E-state index >= 15 is 0 Å². The van der Waals surface area contributed by atoms with Gasteiger partial charge in [-0.2, -0.15) is 0 Å². The number of amides is 1. The van der Waals surface area contributed by atoms with Gasteiger partial charge in [0.2, 0.25) is 5.91 Å². The molecule has 9 heteroatoms. The van der Waals surface area contributed by atoms with Crippen molar-refractivity contribution in [3.8, 4) is 11.5 Å². The molecule has 0 unspecified atom stereocenters. The van der Waals surface area contributed by atoms with Gasteiger partial charge in [-0.3, -0.25) is 14.3 Å². The highest BCUT2D eigenvalue weighted by Crippen LogP contribution is 2.35. The van der Waals surface area contributed by atoms with Gasteiger partial charge in [-0.05, 0) is 76.5 Å². The van der Waals surface area contributed by atoms with Crippen molar-refractivity contribution in [2.24, 2.45) is 0 Å². The lowest BCUT2D eigenvalue weighted by atomic mass is 10.0. The Morgan fingerprint density at radius 1 is 0.935 bits per heavy atom. The molecule has 3 N–H and O–H groups in total. The first kappa shape index (κ1) is 39.5. The van der Waals surface area contributed by atoms with Crippen LogP contribution in [0.15, 0.2) is 42.6 Å². The lowest BCUT2D eigenvalue weighted by Gasteiger charge is -2.20. The second-order valence-electron chi connectivity index (χ2n) is 12.5. The molecule has 0 fully saturated rings. The Morgan fingerprint density at radius 2 is 1.54 bits per heavy atom. The highest BCUT2D eigenvalue weighted by molar-refractivity contribution is 7.51. The normalized spacial score (nSPS) is 12.4. The SMILES string of the molecule is CCCCCCCC/C=C\CCCCCCCC(=O)N[C@H](CCP(=O)(O)O)Cc1ccc(OCc2ncc(C)c(OC)c2C)cc1. The Morgan fingerprint density at radius 3 is 2.15 bits per heavy atom. The third kappa shape index (κ3) is 17.3. The van der Waals surface area contributed by atoms with Crippen LogP contribution < -0.4 is 14.8 Å². The minimum Gasteiger partial charge on any atom is -0.496 e. The van der Waals surface area contributed by atoms with Crippen LogP contribution in [0.2, 0.25) is 0 Å².